The Bertz CT molecular complexity index is 803. The maximum Gasteiger partial charge on any atom is 0.178 e. The van der Waals surface area contributed by atoms with E-state index in [2.05, 4.69) is 25.4 Å². The molecular formula is C16H21N7O. The van der Waals surface area contributed by atoms with E-state index in [9.17, 15) is 0 Å². The fourth-order valence-electron chi connectivity index (χ4n) is 3.19. The third kappa shape index (κ3) is 2.84. The van der Waals surface area contributed by atoms with Crippen LogP contribution < -0.4 is 4.90 Å². The van der Waals surface area contributed by atoms with E-state index in [0.717, 1.165) is 55.5 Å². The summed E-state index contributed by atoms with van der Waals surface area (Å²) in [6.07, 6.45) is 3.72. The Balaban J connectivity index is 1.49. The number of hydrogen-bond donors (Lipinski definition) is 0. The molecule has 1 aliphatic heterocycles. The molecule has 3 aromatic rings. The summed E-state index contributed by atoms with van der Waals surface area (Å²) in [4.78, 5) is 4.39. The van der Waals surface area contributed by atoms with Crippen molar-refractivity contribution in [2.45, 2.75) is 25.3 Å². The van der Waals surface area contributed by atoms with E-state index < -0.39 is 0 Å². The predicted molar refractivity (Wildman–Crippen MR) is 88.9 cm³/mol. The Morgan fingerprint density at radius 3 is 2.71 bits per heavy atom. The van der Waals surface area contributed by atoms with Gasteiger partial charge in [-0.25, -0.2) is 0 Å². The number of likely N-dealkylation sites (tertiary alicyclic amines) is 1. The van der Waals surface area contributed by atoms with Gasteiger partial charge in [-0.2, -0.15) is 4.52 Å². The molecule has 0 spiro atoms. The lowest BCUT2D eigenvalue weighted by Crippen LogP contribution is -2.33. The SMILES string of the molecule is CN(C)c1ccc2nnc(C3CCN(Cc4ccon4)CC3)n2n1. The normalized spacial score (nSPS) is 16.8. The highest BCUT2D eigenvalue weighted by molar-refractivity contribution is 5.45. The maximum atomic E-state index is 4.90. The fraction of sp³-hybridized carbons (Fsp3) is 0.500. The van der Waals surface area contributed by atoms with Crippen molar-refractivity contribution in [2.75, 3.05) is 32.1 Å². The standard InChI is InChI=1S/C16H21N7O/c1-21(2)15-4-3-14-17-18-16(23(14)19-15)12-5-8-22(9-6-12)11-13-7-10-24-20-13/h3-4,7,10,12H,5-6,8-9,11H2,1-2H3. The average molecular weight is 327 g/mol. The van der Waals surface area contributed by atoms with Gasteiger partial charge in [-0.15, -0.1) is 15.3 Å². The van der Waals surface area contributed by atoms with Crippen molar-refractivity contribution >= 4 is 11.5 Å². The Morgan fingerprint density at radius 1 is 1.17 bits per heavy atom. The Hall–Kier alpha value is -2.48. The Kier molecular flexibility index (Phi) is 3.89. The van der Waals surface area contributed by atoms with Crippen molar-refractivity contribution in [3.63, 3.8) is 0 Å². The first-order chi connectivity index (χ1) is 11.7. The number of nitrogens with zero attached hydrogens (tertiary/aromatic N) is 7. The number of aromatic nitrogens is 5. The first-order valence-electron chi connectivity index (χ1n) is 8.22. The third-order valence-corrected chi connectivity index (χ3v) is 4.56. The van der Waals surface area contributed by atoms with Gasteiger partial charge in [-0.05, 0) is 38.1 Å². The van der Waals surface area contributed by atoms with Crippen LogP contribution >= 0.6 is 0 Å². The number of fused-ring (bicyclic) bond motifs is 1. The molecule has 0 bridgehead atoms. The molecule has 0 amide bonds. The van der Waals surface area contributed by atoms with Crippen molar-refractivity contribution in [3.05, 3.63) is 36.0 Å². The minimum absolute atomic E-state index is 0.387. The first kappa shape index (κ1) is 15.1. The van der Waals surface area contributed by atoms with Crippen LogP contribution in [-0.4, -0.2) is 57.1 Å². The van der Waals surface area contributed by atoms with Gasteiger partial charge in [-0.3, -0.25) is 4.90 Å². The van der Waals surface area contributed by atoms with Crippen LogP contribution in [0.5, 0.6) is 0 Å². The lowest BCUT2D eigenvalue weighted by molar-refractivity contribution is 0.196. The maximum absolute atomic E-state index is 4.90. The lowest BCUT2D eigenvalue weighted by Gasteiger charge is -2.30. The molecule has 3 aromatic heterocycles. The number of anilines is 1. The molecule has 0 unspecified atom stereocenters. The number of piperidine rings is 1. The topological polar surface area (TPSA) is 75.6 Å². The largest absolute Gasteiger partial charge is 0.364 e. The summed E-state index contributed by atoms with van der Waals surface area (Å²) < 4.78 is 6.80. The number of rotatable bonds is 4. The summed E-state index contributed by atoms with van der Waals surface area (Å²) >= 11 is 0. The first-order valence-corrected chi connectivity index (χ1v) is 8.22. The highest BCUT2D eigenvalue weighted by Gasteiger charge is 2.25. The molecule has 4 rings (SSSR count). The van der Waals surface area contributed by atoms with Gasteiger partial charge >= 0.3 is 0 Å². The average Bonchev–Trinajstić information content (AvgIpc) is 3.24. The minimum Gasteiger partial charge on any atom is -0.364 e. The molecule has 126 valence electrons. The summed E-state index contributed by atoms with van der Waals surface area (Å²) in [5.41, 5.74) is 1.79. The summed E-state index contributed by atoms with van der Waals surface area (Å²) in [6, 6.07) is 5.86. The van der Waals surface area contributed by atoms with E-state index in [1.165, 1.54) is 0 Å². The molecule has 1 saturated heterocycles. The molecule has 24 heavy (non-hydrogen) atoms. The quantitative estimate of drug-likeness (QED) is 0.719. The van der Waals surface area contributed by atoms with Crippen LogP contribution in [0.25, 0.3) is 5.65 Å². The second kappa shape index (κ2) is 6.20. The van der Waals surface area contributed by atoms with Crippen molar-refractivity contribution < 1.29 is 4.52 Å². The second-order valence-corrected chi connectivity index (χ2v) is 6.46. The van der Waals surface area contributed by atoms with E-state index in [0.29, 0.717) is 5.92 Å². The van der Waals surface area contributed by atoms with E-state index >= 15 is 0 Å². The zero-order valence-electron chi connectivity index (χ0n) is 14.0. The van der Waals surface area contributed by atoms with Crippen LogP contribution in [-0.2, 0) is 6.54 Å². The molecule has 0 aromatic carbocycles. The second-order valence-electron chi connectivity index (χ2n) is 6.46. The van der Waals surface area contributed by atoms with Crippen LogP contribution in [0.2, 0.25) is 0 Å². The van der Waals surface area contributed by atoms with E-state index in [4.69, 9.17) is 4.52 Å². The molecule has 1 aliphatic rings. The van der Waals surface area contributed by atoms with Gasteiger partial charge in [0.1, 0.15) is 12.1 Å². The highest BCUT2D eigenvalue weighted by atomic mass is 16.5. The summed E-state index contributed by atoms with van der Waals surface area (Å²) in [5, 5.41) is 17.3. The summed E-state index contributed by atoms with van der Waals surface area (Å²) in [5.74, 6) is 2.26. The molecule has 8 heteroatoms. The van der Waals surface area contributed by atoms with Gasteiger partial charge in [0.25, 0.3) is 0 Å². The van der Waals surface area contributed by atoms with Gasteiger partial charge in [0.2, 0.25) is 0 Å². The molecule has 0 radical (unpaired) electrons. The molecular weight excluding hydrogens is 306 g/mol. The summed E-state index contributed by atoms with van der Waals surface area (Å²) in [7, 11) is 3.97. The fourth-order valence-corrected chi connectivity index (χ4v) is 3.19. The van der Waals surface area contributed by atoms with Crippen LogP contribution in [0.1, 0.15) is 30.3 Å². The number of hydrogen-bond acceptors (Lipinski definition) is 7. The van der Waals surface area contributed by atoms with Crippen LogP contribution in [0.15, 0.2) is 29.0 Å². The molecule has 4 heterocycles. The molecule has 0 saturated carbocycles. The Labute approximate surface area is 140 Å². The van der Waals surface area contributed by atoms with Crippen LogP contribution in [0.3, 0.4) is 0 Å². The van der Waals surface area contributed by atoms with Crippen LogP contribution in [0.4, 0.5) is 5.82 Å². The van der Waals surface area contributed by atoms with Crippen molar-refractivity contribution in [2.24, 2.45) is 0 Å². The van der Waals surface area contributed by atoms with Gasteiger partial charge in [0.05, 0.1) is 5.69 Å². The van der Waals surface area contributed by atoms with Crippen molar-refractivity contribution in [1.82, 2.24) is 29.9 Å². The van der Waals surface area contributed by atoms with E-state index in [1.807, 2.05) is 41.7 Å². The third-order valence-electron chi connectivity index (χ3n) is 4.56. The van der Waals surface area contributed by atoms with Crippen molar-refractivity contribution in [1.29, 1.82) is 0 Å². The zero-order chi connectivity index (χ0) is 16.5. The molecule has 0 N–H and O–H groups in total. The van der Waals surface area contributed by atoms with E-state index in [1.54, 1.807) is 6.26 Å². The molecule has 0 atom stereocenters. The van der Waals surface area contributed by atoms with Crippen LogP contribution in [0, 0.1) is 0 Å². The van der Waals surface area contributed by atoms with Gasteiger partial charge in [0, 0.05) is 32.6 Å². The zero-order valence-corrected chi connectivity index (χ0v) is 14.0. The van der Waals surface area contributed by atoms with Crippen molar-refractivity contribution in [3.8, 4) is 0 Å². The lowest BCUT2D eigenvalue weighted by atomic mass is 9.96. The van der Waals surface area contributed by atoms with E-state index in [-0.39, 0.29) is 0 Å². The highest BCUT2D eigenvalue weighted by Crippen LogP contribution is 2.27. The predicted octanol–water partition coefficient (Wildman–Crippen LogP) is 1.56. The monoisotopic (exact) mass is 327 g/mol. The van der Waals surface area contributed by atoms with Gasteiger partial charge in [-0.1, -0.05) is 5.16 Å². The smallest absolute Gasteiger partial charge is 0.178 e. The minimum atomic E-state index is 0.387. The summed E-state index contributed by atoms with van der Waals surface area (Å²) in [6.45, 7) is 2.87. The molecule has 1 fully saturated rings. The Morgan fingerprint density at radius 2 is 2.00 bits per heavy atom. The molecule has 8 nitrogen and oxygen atoms in total. The van der Waals surface area contributed by atoms with Gasteiger partial charge in [0.15, 0.2) is 11.5 Å². The van der Waals surface area contributed by atoms with Gasteiger partial charge < -0.3 is 9.42 Å². The molecule has 0 aliphatic carbocycles.